The minimum Gasteiger partial charge on any atom is -0.497 e. The van der Waals surface area contributed by atoms with Crippen LogP contribution in [0.4, 0.5) is 5.69 Å². The fraction of sp³-hybridized carbons (Fsp3) is 0.263. The van der Waals surface area contributed by atoms with E-state index in [1.165, 1.54) is 0 Å². The van der Waals surface area contributed by atoms with Crippen molar-refractivity contribution in [3.8, 4) is 5.75 Å². The lowest BCUT2D eigenvalue weighted by atomic mass is 10.1. The quantitative estimate of drug-likeness (QED) is 0.785. The summed E-state index contributed by atoms with van der Waals surface area (Å²) in [5.74, 6) is 0.392. The van der Waals surface area contributed by atoms with Crippen LogP contribution in [0.3, 0.4) is 0 Å². The second-order valence-corrected chi connectivity index (χ2v) is 6.01. The predicted octanol–water partition coefficient (Wildman–Crippen LogP) is 2.23. The number of rotatable bonds is 5. The van der Waals surface area contributed by atoms with Gasteiger partial charge in [-0.3, -0.25) is 9.59 Å². The van der Waals surface area contributed by atoms with Crippen molar-refractivity contribution in [3.63, 3.8) is 0 Å². The van der Waals surface area contributed by atoms with Gasteiger partial charge in [0.05, 0.1) is 12.7 Å². The fourth-order valence-electron chi connectivity index (χ4n) is 2.92. The van der Waals surface area contributed by atoms with Gasteiger partial charge in [-0.05, 0) is 36.2 Å². The topological polar surface area (TPSA) is 84.7 Å². The first-order chi connectivity index (χ1) is 12.1. The summed E-state index contributed by atoms with van der Waals surface area (Å²) in [6.07, 6.45) is 0.591. The number of nitrogens with one attached hydrogen (secondary N) is 1. The highest BCUT2D eigenvalue weighted by Crippen LogP contribution is 2.18. The second kappa shape index (κ2) is 8.58. The Morgan fingerprint density at radius 3 is 2.58 bits per heavy atom. The third-order valence-electron chi connectivity index (χ3n) is 4.34. The Balaban J connectivity index is 0.00000243. The summed E-state index contributed by atoms with van der Waals surface area (Å²) < 4.78 is 5.13. The van der Waals surface area contributed by atoms with Gasteiger partial charge in [-0.1, -0.05) is 24.3 Å². The molecule has 0 aromatic heterocycles. The Labute approximate surface area is 158 Å². The second-order valence-electron chi connectivity index (χ2n) is 6.01. The van der Waals surface area contributed by atoms with Crippen LogP contribution in [0.1, 0.15) is 22.3 Å². The number of methoxy groups -OCH3 is 1. The number of anilines is 1. The number of halogens is 1. The lowest BCUT2D eigenvalue weighted by molar-refractivity contribution is -0.129. The van der Waals surface area contributed by atoms with E-state index in [0.717, 1.165) is 11.3 Å². The molecule has 1 aliphatic rings. The van der Waals surface area contributed by atoms with Crippen molar-refractivity contribution < 1.29 is 14.3 Å². The number of carbonyl (C=O) groups is 2. The molecule has 0 radical (unpaired) electrons. The molecule has 3 N–H and O–H groups in total. The molecule has 1 fully saturated rings. The Morgan fingerprint density at radius 1 is 1.23 bits per heavy atom. The molecule has 3 rings (SSSR count). The number of carbonyl (C=O) groups excluding carboxylic acids is 2. The van der Waals surface area contributed by atoms with Crippen molar-refractivity contribution in [1.29, 1.82) is 0 Å². The van der Waals surface area contributed by atoms with Gasteiger partial charge in [0.2, 0.25) is 5.91 Å². The Hall–Kier alpha value is -2.73. The Morgan fingerprint density at radius 2 is 1.92 bits per heavy atom. The highest BCUT2D eigenvalue weighted by molar-refractivity contribution is 6.01. The maximum absolute atomic E-state index is 12.5. The van der Waals surface area contributed by atoms with Crippen LogP contribution in [0.15, 0.2) is 48.5 Å². The van der Waals surface area contributed by atoms with Crippen molar-refractivity contribution >= 4 is 29.9 Å². The minimum absolute atomic E-state index is 0. The lowest BCUT2D eigenvalue weighted by Gasteiger charge is -2.17. The highest BCUT2D eigenvalue weighted by Gasteiger charge is 2.33. The molecule has 0 saturated carbocycles. The van der Waals surface area contributed by atoms with E-state index in [-0.39, 0.29) is 24.2 Å². The van der Waals surface area contributed by atoms with E-state index in [1.807, 2.05) is 24.3 Å². The number of hydrogen-bond donors (Lipinski definition) is 2. The number of hydrogen-bond acceptors (Lipinski definition) is 4. The average Bonchev–Trinajstić information content (AvgIpc) is 2.96. The SMILES string of the molecule is COc1ccc(CN2CCC(NC(=O)c3ccccc3N)C2=O)cc1.Cl. The first kappa shape index (κ1) is 19.6. The molecule has 1 unspecified atom stereocenters. The number of para-hydroxylation sites is 1. The van der Waals surface area contributed by atoms with Crippen LogP contribution in [0.25, 0.3) is 0 Å². The molecule has 0 aliphatic carbocycles. The summed E-state index contributed by atoms with van der Waals surface area (Å²) >= 11 is 0. The molecule has 2 aromatic carbocycles. The molecule has 0 spiro atoms. The van der Waals surface area contributed by atoms with Gasteiger partial charge in [0, 0.05) is 18.8 Å². The highest BCUT2D eigenvalue weighted by atomic mass is 35.5. The summed E-state index contributed by atoms with van der Waals surface area (Å²) in [6.45, 7) is 1.13. The van der Waals surface area contributed by atoms with Crippen molar-refractivity contribution in [2.45, 2.75) is 19.0 Å². The molecule has 1 heterocycles. The van der Waals surface area contributed by atoms with Gasteiger partial charge in [-0.25, -0.2) is 0 Å². The molecule has 6 nitrogen and oxygen atoms in total. The summed E-state index contributed by atoms with van der Waals surface area (Å²) in [5, 5.41) is 2.79. The van der Waals surface area contributed by atoms with Crippen molar-refractivity contribution in [1.82, 2.24) is 10.2 Å². The van der Waals surface area contributed by atoms with Gasteiger partial charge in [0.1, 0.15) is 11.8 Å². The smallest absolute Gasteiger partial charge is 0.254 e. The lowest BCUT2D eigenvalue weighted by Crippen LogP contribution is -2.41. The first-order valence-corrected chi connectivity index (χ1v) is 8.15. The van der Waals surface area contributed by atoms with Crippen LogP contribution < -0.4 is 15.8 Å². The van der Waals surface area contributed by atoms with Gasteiger partial charge in [-0.15, -0.1) is 12.4 Å². The third kappa shape index (κ3) is 4.26. The fourth-order valence-corrected chi connectivity index (χ4v) is 2.92. The molecule has 1 aliphatic heterocycles. The molecule has 1 saturated heterocycles. The zero-order valence-electron chi connectivity index (χ0n) is 14.5. The summed E-state index contributed by atoms with van der Waals surface area (Å²) in [5.41, 5.74) is 7.63. The van der Waals surface area contributed by atoms with Crippen molar-refractivity contribution in [2.75, 3.05) is 19.4 Å². The Kier molecular flexibility index (Phi) is 6.46. The van der Waals surface area contributed by atoms with E-state index in [0.29, 0.717) is 30.8 Å². The van der Waals surface area contributed by atoms with E-state index >= 15 is 0 Å². The van der Waals surface area contributed by atoms with E-state index < -0.39 is 6.04 Å². The van der Waals surface area contributed by atoms with Gasteiger partial charge >= 0.3 is 0 Å². The minimum atomic E-state index is -0.509. The van der Waals surface area contributed by atoms with Crippen LogP contribution in [0, 0.1) is 0 Å². The number of nitrogens with two attached hydrogens (primary N) is 1. The normalized spacial score (nSPS) is 16.1. The van der Waals surface area contributed by atoms with Gasteiger partial charge in [0.25, 0.3) is 5.91 Å². The van der Waals surface area contributed by atoms with Crippen LogP contribution in [0.2, 0.25) is 0 Å². The molecule has 2 amide bonds. The van der Waals surface area contributed by atoms with E-state index in [9.17, 15) is 9.59 Å². The summed E-state index contributed by atoms with van der Waals surface area (Å²) in [6, 6.07) is 13.9. The first-order valence-electron chi connectivity index (χ1n) is 8.15. The van der Waals surface area contributed by atoms with Crippen LogP contribution >= 0.6 is 12.4 Å². The van der Waals surface area contributed by atoms with E-state index in [1.54, 1.807) is 36.3 Å². The molecular weight excluding hydrogens is 354 g/mol. The van der Waals surface area contributed by atoms with Crippen molar-refractivity contribution in [3.05, 3.63) is 59.7 Å². The van der Waals surface area contributed by atoms with E-state index in [4.69, 9.17) is 10.5 Å². The maximum atomic E-state index is 12.5. The van der Waals surface area contributed by atoms with Crippen LogP contribution in [0.5, 0.6) is 5.75 Å². The largest absolute Gasteiger partial charge is 0.497 e. The number of benzene rings is 2. The predicted molar refractivity (Wildman–Crippen MR) is 102 cm³/mol. The average molecular weight is 376 g/mol. The number of likely N-dealkylation sites (tertiary alicyclic amines) is 1. The molecule has 1 atom stereocenters. The van der Waals surface area contributed by atoms with Crippen molar-refractivity contribution in [2.24, 2.45) is 0 Å². The van der Waals surface area contributed by atoms with Gasteiger partial charge in [-0.2, -0.15) is 0 Å². The van der Waals surface area contributed by atoms with Crippen LogP contribution in [-0.2, 0) is 11.3 Å². The third-order valence-corrected chi connectivity index (χ3v) is 4.34. The molecule has 138 valence electrons. The number of nitrogens with zero attached hydrogens (tertiary/aromatic N) is 1. The molecular formula is C19H22ClN3O3. The monoisotopic (exact) mass is 375 g/mol. The zero-order valence-corrected chi connectivity index (χ0v) is 15.3. The standard InChI is InChI=1S/C19H21N3O3.ClH/c1-25-14-8-6-13(7-9-14)12-22-11-10-17(19(22)24)21-18(23)15-4-2-3-5-16(15)20;/h2-9,17H,10-12,20H2,1H3,(H,21,23);1H. The van der Waals surface area contributed by atoms with Gasteiger partial charge in [0.15, 0.2) is 0 Å². The number of amides is 2. The maximum Gasteiger partial charge on any atom is 0.254 e. The van der Waals surface area contributed by atoms with Gasteiger partial charge < -0.3 is 20.7 Å². The molecule has 7 heteroatoms. The molecule has 26 heavy (non-hydrogen) atoms. The molecule has 2 aromatic rings. The zero-order chi connectivity index (χ0) is 17.8. The number of ether oxygens (including phenoxy) is 1. The van der Waals surface area contributed by atoms with E-state index in [2.05, 4.69) is 5.32 Å². The van der Waals surface area contributed by atoms with Crippen LogP contribution in [-0.4, -0.2) is 36.4 Å². The molecule has 0 bridgehead atoms. The summed E-state index contributed by atoms with van der Waals surface area (Å²) in [7, 11) is 1.62. The Bertz CT molecular complexity index is 780. The number of nitrogen functional groups attached to an aromatic ring is 1. The summed E-state index contributed by atoms with van der Waals surface area (Å²) in [4.78, 5) is 26.6.